The van der Waals surface area contributed by atoms with Crippen molar-refractivity contribution in [2.75, 3.05) is 19.6 Å². The Morgan fingerprint density at radius 1 is 0.947 bits per heavy atom. The highest BCUT2D eigenvalue weighted by Crippen LogP contribution is 2.48. The predicted octanol–water partition coefficient (Wildman–Crippen LogP) is 3.41. The van der Waals surface area contributed by atoms with Gasteiger partial charge in [-0.15, -0.1) is 0 Å². The van der Waals surface area contributed by atoms with Crippen LogP contribution in [-0.4, -0.2) is 30.6 Å². The summed E-state index contributed by atoms with van der Waals surface area (Å²) in [4.78, 5) is 2.84. The molecule has 3 aliphatic rings. The number of nitrogens with zero attached hydrogens (tertiary/aromatic N) is 1. The third-order valence-corrected chi connectivity index (χ3v) is 6.09. The second-order valence-electron chi connectivity index (χ2n) is 7.36. The fraction of sp³-hybridized carbons (Fsp3) is 1.00. The second kappa shape index (κ2) is 6.58. The Hall–Kier alpha value is -0.0800. The molecule has 3 aliphatic carbocycles. The molecule has 19 heavy (non-hydrogen) atoms. The van der Waals surface area contributed by atoms with Crippen molar-refractivity contribution in [1.29, 1.82) is 0 Å². The van der Waals surface area contributed by atoms with Crippen LogP contribution in [-0.2, 0) is 0 Å². The first-order valence-corrected chi connectivity index (χ1v) is 8.81. The van der Waals surface area contributed by atoms with Gasteiger partial charge in [-0.1, -0.05) is 25.7 Å². The Balaban J connectivity index is 1.55. The van der Waals surface area contributed by atoms with Crippen molar-refractivity contribution in [3.05, 3.63) is 0 Å². The van der Waals surface area contributed by atoms with Crippen LogP contribution in [0.2, 0.25) is 0 Å². The Morgan fingerprint density at radius 3 is 2.42 bits per heavy atom. The third kappa shape index (κ3) is 3.33. The molecule has 0 radical (unpaired) electrons. The Bertz CT molecular complexity index is 272. The summed E-state index contributed by atoms with van der Waals surface area (Å²) in [5.74, 6) is 3.20. The summed E-state index contributed by atoms with van der Waals surface area (Å²) in [5, 5.41) is 0. The Morgan fingerprint density at radius 2 is 1.79 bits per heavy atom. The normalized spacial score (nSPS) is 35.4. The molecule has 110 valence electrons. The Kier molecular flexibility index (Phi) is 4.81. The van der Waals surface area contributed by atoms with Gasteiger partial charge in [0.2, 0.25) is 0 Å². The highest BCUT2D eigenvalue weighted by Gasteiger charge is 2.40. The van der Waals surface area contributed by atoms with Gasteiger partial charge >= 0.3 is 0 Å². The molecule has 3 fully saturated rings. The summed E-state index contributed by atoms with van der Waals surface area (Å²) >= 11 is 0. The molecular weight excluding hydrogens is 232 g/mol. The van der Waals surface area contributed by atoms with Crippen LogP contribution in [0.25, 0.3) is 0 Å². The van der Waals surface area contributed by atoms with E-state index in [1.807, 2.05) is 0 Å². The van der Waals surface area contributed by atoms with Gasteiger partial charge in [-0.3, -0.25) is 0 Å². The lowest BCUT2D eigenvalue weighted by atomic mass is 9.87. The molecule has 0 saturated heterocycles. The number of rotatable bonds is 6. The van der Waals surface area contributed by atoms with E-state index in [9.17, 15) is 0 Å². The molecule has 0 aliphatic heterocycles. The number of hydrogen-bond acceptors (Lipinski definition) is 2. The van der Waals surface area contributed by atoms with Gasteiger partial charge in [0, 0.05) is 12.6 Å². The van der Waals surface area contributed by atoms with Gasteiger partial charge in [-0.25, -0.2) is 0 Å². The van der Waals surface area contributed by atoms with Gasteiger partial charge in [0.25, 0.3) is 0 Å². The molecule has 0 heterocycles. The van der Waals surface area contributed by atoms with Gasteiger partial charge in [0.05, 0.1) is 0 Å². The molecule has 0 aromatic rings. The molecule has 2 N–H and O–H groups in total. The second-order valence-corrected chi connectivity index (χ2v) is 7.36. The van der Waals surface area contributed by atoms with E-state index in [1.54, 1.807) is 6.42 Å². The summed E-state index contributed by atoms with van der Waals surface area (Å²) in [5.41, 5.74) is 5.75. The van der Waals surface area contributed by atoms with Crippen LogP contribution in [0.4, 0.5) is 0 Å². The predicted molar refractivity (Wildman–Crippen MR) is 81.1 cm³/mol. The number of fused-ring (bicyclic) bond motifs is 2. The molecule has 0 spiro atoms. The van der Waals surface area contributed by atoms with Crippen LogP contribution in [0, 0.1) is 17.8 Å². The molecule has 3 saturated carbocycles. The highest BCUT2D eigenvalue weighted by atomic mass is 15.2. The van der Waals surface area contributed by atoms with E-state index in [0.29, 0.717) is 0 Å². The Labute approximate surface area is 119 Å². The lowest BCUT2D eigenvalue weighted by Crippen LogP contribution is -2.42. The van der Waals surface area contributed by atoms with Crippen molar-refractivity contribution in [3.8, 4) is 0 Å². The zero-order chi connectivity index (χ0) is 13.1. The fourth-order valence-corrected chi connectivity index (χ4v) is 5.06. The van der Waals surface area contributed by atoms with Crippen molar-refractivity contribution in [2.45, 2.75) is 70.3 Å². The van der Waals surface area contributed by atoms with Crippen LogP contribution < -0.4 is 5.73 Å². The molecule has 2 nitrogen and oxygen atoms in total. The molecule has 2 heteroatoms. The van der Waals surface area contributed by atoms with E-state index in [-0.39, 0.29) is 0 Å². The summed E-state index contributed by atoms with van der Waals surface area (Å²) in [6.07, 6.45) is 14.6. The molecule has 0 aromatic carbocycles. The molecule has 3 rings (SSSR count). The van der Waals surface area contributed by atoms with Crippen LogP contribution in [0.15, 0.2) is 0 Å². The van der Waals surface area contributed by atoms with E-state index in [0.717, 1.165) is 30.3 Å². The minimum absolute atomic E-state index is 0.861. The minimum Gasteiger partial charge on any atom is -0.330 e. The topological polar surface area (TPSA) is 29.3 Å². The fourth-order valence-electron chi connectivity index (χ4n) is 5.06. The quantitative estimate of drug-likeness (QED) is 0.796. The van der Waals surface area contributed by atoms with E-state index in [4.69, 9.17) is 5.73 Å². The third-order valence-electron chi connectivity index (χ3n) is 6.09. The first-order valence-electron chi connectivity index (χ1n) is 8.81. The van der Waals surface area contributed by atoms with E-state index < -0.39 is 0 Å². The maximum atomic E-state index is 5.75. The van der Waals surface area contributed by atoms with Crippen LogP contribution >= 0.6 is 0 Å². The van der Waals surface area contributed by atoms with Gasteiger partial charge < -0.3 is 10.6 Å². The molecule has 0 amide bonds. The number of nitrogens with two attached hydrogens (primary N) is 1. The van der Waals surface area contributed by atoms with Gasteiger partial charge in [0.15, 0.2) is 0 Å². The molecule has 0 aromatic heterocycles. The van der Waals surface area contributed by atoms with Gasteiger partial charge in [-0.05, 0) is 69.4 Å². The molecule has 3 atom stereocenters. The van der Waals surface area contributed by atoms with Crippen molar-refractivity contribution in [3.63, 3.8) is 0 Å². The first kappa shape index (κ1) is 13.9. The highest BCUT2D eigenvalue weighted by molar-refractivity contribution is 4.92. The molecular formula is C17H32N2. The largest absolute Gasteiger partial charge is 0.330 e. The summed E-state index contributed by atoms with van der Waals surface area (Å²) < 4.78 is 0. The van der Waals surface area contributed by atoms with Crippen LogP contribution in [0.1, 0.15) is 64.2 Å². The maximum absolute atomic E-state index is 5.75. The average molecular weight is 264 g/mol. The minimum atomic E-state index is 0.861. The summed E-state index contributed by atoms with van der Waals surface area (Å²) in [6.45, 7) is 3.51. The molecule has 3 unspecified atom stereocenters. The first-order chi connectivity index (χ1) is 9.36. The standard InChI is InChI=1S/C17H32N2/c18-9-4-10-19(17-5-2-1-3-6-17)13-16-12-14-7-8-15(16)11-14/h14-17H,1-13,18H2. The van der Waals surface area contributed by atoms with Crippen LogP contribution in [0.5, 0.6) is 0 Å². The summed E-state index contributed by atoms with van der Waals surface area (Å²) in [7, 11) is 0. The average Bonchev–Trinajstić information content (AvgIpc) is 3.07. The summed E-state index contributed by atoms with van der Waals surface area (Å²) in [6, 6.07) is 0.888. The smallest absolute Gasteiger partial charge is 0.00953 e. The van der Waals surface area contributed by atoms with Crippen molar-refractivity contribution < 1.29 is 0 Å². The number of hydrogen-bond donors (Lipinski definition) is 1. The van der Waals surface area contributed by atoms with E-state index >= 15 is 0 Å². The maximum Gasteiger partial charge on any atom is 0.00953 e. The zero-order valence-corrected chi connectivity index (χ0v) is 12.5. The lowest BCUT2D eigenvalue weighted by Gasteiger charge is -2.37. The van der Waals surface area contributed by atoms with Crippen molar-refractivity contribution in [2.24, 2.45) is 23.5 Å². The zero-order valence-electron chi connectivity index (χ0n) is 12.5. The SMILES string of the molecule is NCCCN(CC1CC2CCC1C2)C1CCCCC1. The monoisotopic (exact) mass is 264 g/mol. The van der Waals surface area contributed by atoms with Crippen molar-refractivity contribution >= 4 is 0 Å². The lowest BCUT2D eigenvalue weighted by molar-refractivity contribution is 0.114. The molecule has 2 bridgehead atoms. The van der Waals surface area contributed by atoms with E-state index in [2.05, 4.69) is 4.90 Å². The van der Waals surface area contributed by atoms with Crippen LogP contribution in [0.3, 0.4) is 0 Å². The van der Waals surface area contributed by atoms with Gasteiger partial charge in [0.1, 0.15) is 0 Å². The van der Waals surface area contributed by atoms with Crippen molar-refractivity contribution in [1.82, 2.24) is 4.90 Å². The van der Waals surface area contributed by atoms with E-state index in [1.165, 1.54) is 70.9 Å². The van der Waals surface area contributed by atoms with Gasteiger partial charge in [-0.2, -0.15) is 0 Å².